The highest BCUT2D eigenvalue weighted by Gasteiger charge is 2.41. The number of amides is 4. The Morgan fingerprint density at radius 3 is 2.42 bits per heavy atom. The average molecular weight is 624 g/mol. The number of nitrogens with zero attached hydrogens (tertiary/aromatic N) is 2. The third-order valence-electron chi connectivity index (χ3n) is 9.31. The van der Waals surface area contributed by atoms with Gasteiger partial charge in [0.25, 0.3) is 0 Å². The molecule has 3 N–H and O–H groups in total. The van der Waals surface area contributed by atoms with Crippen LogP contribution in [0, 0.1) is 5.92 Å². The summed E-state index contributed by atoms with van der Waals surface area (Å²) in [5.41, 5.74) is 1.50. The van der Waals surface area contributed by atoms with Crippen LogP contribution in [-0.4, -0.2) is 76.9 Å². The number of piperidine rings is 1. The van der Waals surface area contributed by atoms with Gasteiger partial charge in [0.05, 0.1) is 11.2 Å². The van der Waals surface area contributed by atoms with Crippen molar-refractivity contribution in [2.75, 3.05) is 13.7 Å². The van der Waals surface area contributed by atoms with Crippen LogP contribution < -0.4 is 20.8 Å². The number of fused-ring (bicyclic) bond motifs is 2. The van der Waals surface area contributed by atoms with E-state index in [0.29, 0.717) is 57.2 Å². The fraction of sp³-hybridized carbons (Fsp3) is 0.618. The molecule has 1 aromatic heterocycles. The minimum absolute atomic E-state index is 0.105. The van der Waals surface area contributed by atoms with Gasteiger partial charge < -0.3 is 25.7 Å². The average Bonchev–Trinajstić information content (AvgIpc) is 3.41. The summed E-state index contributed by atoms with van der Waals surface area (Å²) in [6, 6.07) is 6.10. The van der Waals surface area contributed by atoms with Crippen LogP contribution in [0.15, 0.2) is 30.3 Å². The second kappa shape index (κ2) is 15.9. The van der Waals surface area contributed by atoms with Crippen LogP contribution >= 0.6 is 0 Å². The highest BCUT2D eigenvalue weighted by molar-refractivity contribution is 5.98. The van der Waals surface area contributed by atoms with Gasteiger partial charge in [-0.25, -0.2) is 0 Å². The van der Waals surface area contributed by atoms with E-state index in [4.69, 9.17) is 4.84 Å². The first kappa shape index (κ1) is 34.0. The van der Waals surface area contributed by atoms with E-state index in [9.17, 15) is 24.0 Å². The number of para-hydroxylation sites is 1. The van der Waals surface area contributed by atoms with Crippen molar-refractivity contribution in [2.45, 2.75) is 116 Å². The summed E-state index contributed by atoms with van der Waals surface area (Å²) < 4.78 is 1.64. The van der Waals surface area contributed by atoms with Crippen molar-refractivity contribution in [3.63, 3.8) is 0 Å². The predicted molar refractivity (Wildman–Crippen MR) is 171 cm³/mol. The van der Waals surface area contributed by atoms with Gasteiger partial charge in [-0.15, -0.1) is 0 Å². The number of carbonyl (C=O) groups excluding carboxylic acids is 5. The summed E-state index contributed by atoms with van der Waals surface area (Å²) in [6.07, 6.45) is 6.20. The van der Waals surface area contributed by atoms with E-state index in [0.717, 1.165) is 30.2 Å². The van der Waals surface area contributed by atoms with Crippen LogP contribution in [0.5, 0.6) is 0 Å². The van der Waals surface area contributed by atoms with Gasteiger partial charge >= 0.3 is 0 Å². The zero-order chi connectivity index (χ0) is 32.5. The summed E-state index contributed by atoms with van der Waals surface area (Å²) in [5, 5.41) is 9.76. The number of hydrogen-bond donors (Lipinski definition) is 3. The Labute approximate surface area is 265 Å². The highest BCUT2D eigenvalue weighted by atomic mass is 16.6. The maximum atomic E-state index is 14.0. The lowest BCUT2D eigenvalue weighted by Crippen LogP contribution is -2.64. The number of ketones is 1. The van der Waals surface area contributed by atoms with Crippen molar-refractivity contribution in [3.05, 3.63) is 36.0 Å². The molecule has 2 aromatic rings. The molecule has 2 unspecified atom stereocenters. The molecule has 4 amide bonds. The van der Waals surface area contributed by atoms with Crippen molar-refractivity contribution < 1.29 is 28.8 Å². The van der Waals surface area contributed by atoms with E-state index < -0.39 is 36.0 Å². The molecular weight excluding hydrogens is 574 g/mol. The van der Waals surface area contributed by atoms with Crippen molar-refractivity contribution in [1.82, 2.24) is 25.6 Å². The van der Waals surface area contributed by atoms with Gasteiger partial charge in [0.1, 0.15) is 37.1 Å². The number of rotatable bonds is 12. The van der Waals surface area contributed by atoms with Gasteiger partial charge in [-0.3, -0.25) is 24.0 Å². The summed E-state index contributed by atoms with van der Waals surface area (Å²) in [5.74, 6) is -1.53. The SMILES string of the molecule is CCC(=O)CCCCC[C@@H]1NC(=O)C2CCCCN2C(=O)[C@H](C(C)CC)NC(=O)[C@H](Cc2cc3ccccc3n2OC)NC1=O. The maximum Gasteiger partial charge on any atom is 0.246 e. The number of hydrogen-bond acceptors (Lipinski definition) is 6. The molecule has 4 rings (SSSR count). The van der Waals surface area contributed by atoms with E-state index in [1.807, 2.05) is 51.1 Å². The zero-order valence-electron chi connectivity index (χ0n) is 27.1. The molecule has 0 bridgehead atoms. The van der Waals surface area contributed by atoms with Gasteiger partial charge in [-0.1, -0.05) is 58.2 Å². The Hall–Kier alpha value is -3.89. The van der Waals surface area contributed by atoms with Crippen LogP contribution in [-0.2, 0) is 30.4 Å². The van der Waals surface area contributed by atoms with Crippen molar-refractivity contribution in [2.24, 2.45) is 5.92 Å². The molecular formula is C34H49N5O6. The van der Waals surface area contributed by atoms with Crippen LogP contribution in [0.25, 0.3) is 10.9 Å². The first-order chi connectivity index (χ1) is 21.7. The molecule has 0 aliphatic carbocycles. The molecule has 0 radical (unpaired) electrons. The second-order valence-electron chi connectivity index (χ2n) is 12.4. The number of nitrogens with one attached hydrogen (secondary N) is 3. The minimum atomic E-state index is -1.03. The Morgan fingerprint density at radius 2 is 1.69 bits per heavy atom. The Balaban J connectivity index is 1.66. The lowest BCUT2D eigenvalue weighted by atomic mass is 9.93. The molecule has 1 aromatic carbocycles. The van der Waals surface area contributed by atoms with Gasteiger partial charge in [-0.2, -0.15) is 4.73 Å². The van der Waals surface area contributed by atoms with Crippen LogP contribution in [0.1, 0.15) is 90.7 Å². The number of benzene rings is 1. The Morgan fingerprint density at radius 1 is 0.956 bits per heavy atom. The third kappa shape index (κ3) is 8.23. The Kier molecular flexibility index (Phi) is 12.0. The van der Waals surface area contributed by atoms with Gasteiger partial charge in [0.15, 0.2) is 0 Å². The van der Waals surface area contributed by atoms with Gasteiger partial charge in [0.2, 0.25) is 23.6 Å². The topological polar surface area (TPSA) is 139 Å². The molecule has 3 heterocycles. The molecule has 0 spiro atoms. The number of Topliss-reactive ketones (excluding diaryl/α,β-unsaturated/α-hetero) is 1. The largest absolute Gasteiger partial charge is 0.417 e. The quantitative estimate of drug-likeness (QED) is 0.311. The smallest absolute Gasteiger partial charge is 0.246 e. The summed E-state index contributed by atoms with van der Waals surface area (Å²) >= 11 is 0. The second-order valence-corrected chi connectivity index (χ2v) is 12.4. The molecule has 2 aliphatic rings. The first-order valence-electron chi connectivity index (χ1n) is 16.6. The summed E-state index contributed by atoms with van der Waals surface area (Å²) in [4.78, 5) is 74.7. The fourth-order valence-electron chi connectivity index (χ4n) is 6.38. The lowest BCUT2D eigenvalue weighted by Gasteiger charge is -2.39. The van der Waals surface area contributed by atoms with E-state index in [1.165, 1.54) is 0 Å². The maximum absolute atomic E-state index is 14.0. The molecule has 11 nitrogen and oxygen atoms in total. The lowest BCUT2D eigenvalue weighted by molar-refractivity contribution is -0.147. The van der Waals surface area contributed by atoms with E-state index in [-0.39, 0.29) is 29.9 Å². The zero-order valence-corrected chi connectivity index (χ0v) is 27.1. The molecule has 45 heavy (non-hydrogen) atoms. The Bertz CT molecular complexity index is 1370. The number of unbranched alkanes of at least 4 members (excludes halogenated alkanes) is 2. The van der Waals surface area contributed by atoms with E-state index in [2.05, 4.69) is 16.0 Å². The van der Waals surface area contributed by atoms with E-state index >= 15 is 0 Å². The normalized spacial score (nSPS) is 23.7. The summed E-state index contributed by atoms with van der Waals surface area (Å²) in [6.45, 7) is 6.13. The molecule has 5 atom stereocenters. The molecule has 2 fully saturated rings. The molecule has 2 aliphatic heterocycles. The third-order valence-corrected chi connectivity index (χ3v) is 9.31. The standard InChI is InChI=1S/C34H49N5O6/c1-5-22(3)30-34(44)38-19-13-12-18-29(38)33(43)35-26(16-9-7-8-15-25(40)6-2)31(41)36-27(32(42)37-30)21-24-20-23-14-10-11-17-28(23)39(24)45-4/h10-11,14,17,20,22,26-27,29-30H,5-9,12-13,15-16,18-19,21H2,1-4H3,(H,35,43)(H,36,41)(H,37,42)/t22?,26-,27-,29?,30-/m0/s1. The van der Waals surface area contributed by atoms with Crippen molar-refractivity contribution in [1.29, 1.82) is 0 Å². The monoisotopic (exact) mass is 623 g/mol. The molecule has 11 heteroatoms. The van der Waals surface area contributed by atoms with Crippen LogP contribution in [0.4, 0.5) is 0 Å². The van der Waals surface area contributed by atoms with Gasteiger partial charge in [-0.05, 0) is 50.2 Å². The molecule has 2 saturated heterocycles. The van der Waals surface area contributed by atoms with Crippen molar-refractivity contribution in [3.8, 4) is 0 Å². The summed E-state index contributed by atoms with van der Waals surface area (Å²) in [7, 11) is 1.54. The van der Waals surface area contributed by atoms with Crippen LogP contribution in [0.3, 0.4) is 0 Å². The van der Waals surface area contributed by atoms with Crippen molar-refractivity contribution >= 4 is 40.3 Å². The minimum Gasteiger partial charge on any atom is -0.417 e. The van der Waals surface area contributed by atoms with Gasteiger partial charge in [0, 0.05) is 31.2 Å². The predicted octanol–water partition coefficient (Wildman–Crippen LogP) is 3.07. The molecule has 0 saturated carbocycles. The number of aromatic nitrogens is 1. The highest BCUT2D eigenvalue weighted by Crippen LogP contribution is 2.23. The van der Waals surface area contributed by atoms with E-state index in [1.54, 1.807) is 16.7 Å². The molecule has 246 valence electrons. The van der Waals surface area contributed by atoms with Crippen LogP contribution in [0.2, 0.25) is 0 Å². The number of carbonyl (C=O) groups is 5. The fourth-order valence-corrected chi connectivity index (χ4v) is 6.38. The first-order valence-corrected chi connectivity index (χ1v) is 16.6.